The summed E-state index contributed by atoms with van der Waals surface area (Å²) in [5.74, 6) is 1.44. The Kier molecular flexibility index (Phi) is 7.17. The summed E-state index contributed by atoms with van der Waals surface area (Å²) in [4.78, 5) is 0. The summed E-state index contributed by atoms with van der Waals surface area (Å²) in [7, 11) is 1.71. The molecule has 0 amide bonds. The van der Waals surface area contributed by atoms with Gasteiger partial charge in [-0.25, -0.2) is 0 Å². The van der Waals surface area contributed by atoms with Crippen molar-refractivity contribution in [2.24, 2.45) is 5.92 Å². The Balaban J connectivity index is 2.97. The van der Waals surface area contributed by atoms with Gasteiger partial charge < -0.3 is 10.1 Å². The Morgan fingerprint density at radius 2 is 2.16 bits per heavy atom. The lowest BCUT2D eigenvalue weighted by atomic mass is 10.00. The van der Waals surface area contributed by atoms with Gasteiger partial charge in [-0.05, 0) is 37.1 Å². The molecule has 0 unspecified atom stereocenters. The summed E-state index contributed by atoms with van der Waals surface area (Å²) in [6.45, 7) is 8.62. The first-order chi connectivity index (χ1) is 9.08. The average Bonchev–Trinajstić information content (AvgIpc) is 2.38. The van der Waals surface area contributed by atoms with Crippen molar-refractivity contribution in [3.05, 3.63) is 33.8 Å². The molecule has 0 fully saturated rings. The standard InChI is InChI=1S/C16H24BrNO/c1-5-8-18-11-14(12(2)3)9-13-10-15(17)6-7-16(13)19-4/h6-7,9-10,12,18H,5,8,11H2,1-4H3. The number of ether oxygens (including phenoxy) is 1. The second-order valence-electron chi connectivity index (χ2n) is 4.94. The minimum absolute atomic E-state index is 0.521. The van der Waals surface area contributed by atoms with E-state index >= 15 is 0 Å². The van der Waals surface area contributed by atoms with Crippen molar-refractivity contribution in [2.75, 3.05) is 20.2 Å². The molecule has 0 heterocycles. The zero-order valence-corrected chi connectivity index (χ0v) is 13.9. The van der Waals surface area contributed by atoms with Gasteiger partial charge in [-0.3, -0.25) is 0 Å². The monoisotopic (exact) mass is 325 g/mol. The average molecular weight is 326 g/mol. The molecule has 0 saturated carbocycles. The zero-order chi connectivity index (χ0) is 14.3. The van der Waals surface area contributed by atoms with Crippen LogP contribution in [0.1, 0.15) is 32.8 Å². The van der Waals surface area contributed by atoms with Gasteiger partial charge in [-0.15, -0.1) is 0 Å². The molecule has 0 atom stereocenters. The first kappa shape index (κ1) is 16.3. The number of benzene rings is 1. The number of nitrogens with one attached hydrogen (secondary N) is 1. The fourth-order valence-electron chi connectivity index (χ4n) is 1.85. The van der Waals surface area contributed by atoms with E-state index in [9.17, 15) is 0 Å². The smallest absolute Gasteiger partial charge is 0.126 e. The van der Waals surface area contributed by atoms with Gasteiger partial charge in [-0.1, -0.05) is 48.4 Å². The molecule has 1 aromatic rings. The second kappa shape index (κ2) is 8.39. The predicted octanol–water partition coefficient (Wildman–Crippen LogP) is 4.50. The minimum atomic E-state index is 0.521. The van der Waals surface area contributed by atoms with Gasteiger partial charge in [0.1, 0.15) is 5.75 Å². The largest absolute Gasteiger partial charge is 0.496 e. The summed E-state index contributed by atoms with van der Waals surface area (Å²) in [5.41, 5.74) is 2.52. The van der Waals surface area contributed by atoms with Crippen molar-refractivity contribution in [3.63, 3.8) is 0 Å². The van der Waals surface area contributed by atoms with Crippen LogP contribution in [0, 0.1) is 5.92 Å². The molecule has 0 aromatic heterocycles. The molecule has 19 heavy (non-hydrogen) atoms. The molecule has 0 aliphatic heterocycles. The van der Waals surface area contributed by atoms with Crippen molar-refractivity contribution in [2.45, 2.75) is 27.2 Å². The third kappa shape index (κ3) is 5.37. The van der Waals surface area contributed by atoms with Gasteiger partial charge in [-0.2, -0.15) is 0 Å². The van der Waals surface area contributed by atoms with Crippen LogP contribution in [0.3, 0.4) is 0 Å². The molecule has 0 spiro atoms. The van der Waals surface area contributed by atoms with E-state index in [0.717, 1.165) is 35.3 Å². The number of methoxy groups -OCH3 is 1. The maximum atomic E-state index is 5.42. The van der Waals surface area contributed by atoms with Crippen molar-refractivity contribution < 1.29 is 4.74 Å². The van der Waals surface area contributed by atoms with Crippen LogP contribution >= 0.6 is 15.9 Å². The predicted molar refractivity (Wildman–Crippen MR) is 86.7 cm³/mol. The first-order valence-corrected chi connectivity index (χ1v) is 7.62. The van der Waals surface area contributed by atoms with Crippen molar-refractivity contribution in [1.82, 2.24) is 5.32 Å². The highest BCUT2D eigenvalue weighted by Crippen LogP contribution is 2.26. The molecule has 0 aliphatic rings. The van der Waals surface area contributed by atoms with E-state index in [-0.39, 0.29) is 0 Å². The SMILES string of the molecule is CCCNCC(=Cc1cc(Br)ccc1OC)C(C)C. The van der Waals surface area contributed by atoms with Crippen LogP contribution in [0.25, 0.3) is 6.08 Å². The molecular formula is C16H24BrNO. The summed E-state index contributed by atoms with van der Waals surface area (Å²) in [5, 5.41) is 3.47. The van der Waals surface area contributed by atoms with Gasteiger partial charge in [0.05, 0.1) is 7.11 Å². The fraction of sp³-hybridized carbons (Fsp3) is 0.500. The number of halogens is 1. The van der Waals surface area contributed by atoms with Gasteiger partial charge in [0.25, 0.3) is 0 Å². The summed E-state index contributed by atoms with van der Waals surface area (Å²) >= 11 is 3.52. The lowest BCUT2D eigenvalue weighted by molar-refractivity contribution is 0.413. The summed E-state index contributed by atoms with van der Waals surface area (Å²) in [6, 6.07) is 6.09. The van der Waals surface area contributed by atoms with E-state index in [0.29, 0.717) is 5.92 Å². The highest BCUT2D eigenvalue weighted by molar-refractivity contribution is 9.10. The molecular weight excluding hydrogens is 302 g/mol. The lowest BCUT2D eigenvalue weighted by Gasteiger charge is -2.14. The van der Waals surface area contributed by atoms with E-state index in [1.807, 2.05) is 12.1 Å². The second-order valence-corrected chi connectivity index (χ2v) is 5.85. The Morgan fingerprint density at radius 3 is 2.74 bits per heavy atom. The van der Waals surface area contributed by atoms with E-state index < -0.39 is 0 Å². The molecule has 1 aromatic carbocycles. The van der Waals surface area contributed by atoms with Gasteiger partial charge in [0, 0.05) is 16.6 Å². The van der Waals surface area contributed by atoms with Crippen LogP contribution in [-0.4, -0.2) is 20.2 Å². The summed E-state index contributed by atoms with van der Waals surface area (Å²) < 4.78 is 6.49. The van der Waals surface area contributed by atoms with Gasteiger partial charge in [0.2, 0.25) is 0 Å². The van der Waals surface area contributed by atoms with Gasteiger partial charge >= 0.3 is 0 Å². The zero-order valence-electron chi connectivity index (χ0n) is 12.3. The fourth-order valence-corrected chi connectivity index (χ4v) is 2.23. The minimum Gasteiger partial charge on any atom is -0.496 e. The molecule has 0 radical (unpaired) electrons. The first-order valence-electron chi connectivity index (χ1n) is 6.83. The van der Waals surface area contributed by atoms with Crippen LogP contribution in [-0.2, 0) is 0 Å². The number of hydrogen-bond donors (Lipinski definition) is 1. The highest BCUT2D eigenvalue weighted by atomic mass is 79.9. The molecule has 3 heteroatoms. The molecule has 2 nitrogen and oxygen atoms in total. The Labute approximate surface area is 125 Å². The van der Waals surface area contributed by atoms with Crippen LogP contribution < -0.4 is 10.1 Å². The summed E-state index contributed by atoms with van der Waals surface area (Å²) in [6.07, 6.45) is 3.39. The Morgan fingerprint density at radius 1 is 1.42 bits per heavy atom. The van der Waals surface area contributed by atoms with E-state index in [4.69, 9.17) is 4.74 Å². The lowest BCUT2D eigenvalue weighted by Crippen LogP contribution is -2.19. The quantitative estimate of drug-likeness (QED) is 0.745. The Hall–Kier alpha value is -0.800. The van der Waals surface area contributed by atoms with Gasteiger partial charge in [0.15, 0.2) is 0 Å². The Bertz CT molecular complexity index is 427. The van der Waals surface area contributed by atoms with E-state index in [1.165, 1.54) is 5.57 Å². The molecule has 106 valence electrons. The number of rotatable bonds is 7. The molecule has 0 aliphatic carbocycles. The third-order valence-electron chi connectivity index (χ3n) is 3.03. The van der Waals surface area contributed by atoms with Crippen molar-refractivity contribution in [3.8, 4) is 5.75 Å². The topological polar surface area (TPSA) is 21.3 Å². The highest BCUT2D eigenvalue weighted by Gasteiger charge is 2.07. The maximum Gasteiger partial charge on any atom is 0.126 e. The van der Waals surface area contributed by atoms with Crippen molar-refractivity contribution in [1.29, 1.82) is 0 Å². The molecule has 0 saturated heterocycles. The van der Waals surface area contributed by atoms with E-state index in [2.05, 4.69) is 54.2 Å². The van der Waals surface area contributed by atoms with E-state index in [1.54, 1.807) is 7.11 Å². The van der Waals surface area contributed by atoms with Crippen LogP contribution in [0.5, 0.6) is 5.75 Å². The normalized spacial score (nSPS) is 12.0. The van der Waals surface area contributed by atoms with Crippen LogP contribution in [0.15, 0.2) is 28.2 Å². The third-order valence-corrected chi connectivity index (χ3v) is 3.52. The molecule has 1 N–H and O–H groups in total. The molecule has 0 bridgehead atoms. The van der Waals surface area contributed by atoms with Crippen LogP contribution in [0.2, 0.25) is 0 Å². The maximum absolute atomic E-state index is 5.42. The van der Waals surface area contributed by atoms with Crippen molar-refractivity contribution >= 4 is 22.0 Å². The van der Waals surface area contributed by atoms with Crippen LogP contribution in [0.4, 0.5) is 0 Å². The number of hydrogen-bond acceptors (Lipinski definition) is 2. The molecule has 1 rings (SSSR count).